The van der Waals surface area contributed by atoms with Crippen LogP contribution in [0.25, 0.3) is 0 Å². The van der Waals surface area contributed by atoms with Crippen LogP contribution >= 0.6 is 0 Å². The number of ether oxygens (including phenoxy) is 3. The average molecular weight is 748 g/mol. The molecule has 0 aliphatic carbocycles. The molecule has 0 aromatic carbocycles. The lowest BCUT2D eigenvalue weighted by molar-refractivity contribution is -0.148. The Labute approximate surface area is 325 Å². The number of aliphatic carboxylic acids is 1. The van der Waals surface area contributed by atoms with E-state index in [9.17, 15) is 19.5 Å². The monoisotopic (exact) mass is 748 g/mol. The highest BCUT2D eigenvalue weighted by Gasteiger charge is 2.33. The Morgan fingerprint density at radius 2 is 1.21 bits per heavy atom. The Bertz CT molecular complexity index is 989. The van der Waals surface area contributed by atoms with Gasteiger partial charge in [-0.1, -0.05) is 135 Å². The number of carbonyl (C=O) groups excluding carboxylic acids is 2. The predicted octanol–water partition coefficient (Wildman–Crippen LogP) is 12.4. The van der Waals surface area contributed by atoms with Crippen LogP contribution in [-0.4, -0.2) is 68.1 Å². The fraction of sp³-hybridized carbons (Fsp3) is 0.800. The van der Waals surface area contributed by atoms with Gasteiger partial charge in [0.1, 0.15) is 12.7 Å². The highest BCUT2D eigenvalue weighted by molar-refractivity contribution is 5.82. The molecular formula is C45H81NO7. The van der Waals surface area contributed by atoms with Crippen LogP contribution in [0.1, 0.15) is 182 Å². The van der Waals surface area contributed by atoms with Gasteiger partial charge in [0.05, 0.1) is 12.5 Å². The first-order valence-corrected chi connectivity index (χ1v) is 21.5. The van der Waals surface area contributed by atoms with Crippen LogP contribution in [0.15, 0.2) is 36.0 Å². The summed E-state index contributed by atoms with van der Waals surface area (Å²) in [5, 5.41) is 10.3. The van der Waals surface area contributed by atoms with Crippen molar-refractivity contribution in [1.29, 1.82) is 0 Å². The molecule has 8 nitrogen and oxygen atoms in total. The van der Waals surface area contributed by atoms with Gasteiger partial charge < -0.3 is 24.2 Å². The van der Waals surface area contributed by atoms with Crippen LogP contribution in [0.4, 0.5) is 4.79 Å². The number of nitrogens with zero attached hydrogens (tertiary/aromatic N) is 1. The number of hydrogen-bond donors (Lipinski definition) is 1. The average Bonchev–Trinajstić information content (AvgIpc) is 3.12. The molecule has 0 heterocycles. The fourth-order valence-corrected chi connectivity index (χ4v) is 6.32. The molecule has 0 aromatic rings. The van der Waals surface area contributed by atoms with E-state index >= 15 is 0 Å². The quantitative estimate of drug-likeness (QED) is 0.0292. The summed E-state index contributed by atoms with van der Waals surface area (Å²) in [5.41, 5.74) is 1.16. The SMILES string of the molecule is CCCCC/C=C\C/C=C\CCCCCC(OC(=O)OCCN(C)C)C(CC(C)COC(=O)/C=C(\CCCCCCC)CCCCCCCC)C(=O)O. The van der Waals surface area contributed by atoms with Gasteiger partial charge >= 0.3 is 18.1 Å². The molecule has 0 bridgehead atoms. The standard InChI is InChI=1S/C45H81NO7/c1-7-10-13-16-18-19-20-21-22-23-24-27-30-33-42(53-45(50)51-35-34-46(5)6)41(44(48)49)36-39(4)38-52-43(47)37-40(31-28-25-15-12-9-3)32-29-26-17-14-11-8-2/h18-19,21-22,37,39,41-42H,7-17,20,23-36,38H2,1-6H3,(H,48,49)/b19-18-,22-21-,40-37+. The second kappa shape index (κ2) is 36.4. The number of carbonyl (C=O) groups is 3. The molecule has 308 valence electrons. The molecule has 3 unspecified atom stereocenters. The highest BCUT2D eigenvalue weighted by Crippen LogP contribution is 2.25. The lowest BCUT2D eigenvalue weighted by atomic mass is 9.88. The Kier molecular flexibility index (Phi) is 34.6. The molecule has 0 radical (unpaired) electrons. The van der Waals surface area contributed by atoms with Crippen molar-refractivity contribution in [3.63, 3.8) is 0 Å². The third-order valence-electron chi connectivity index (χ3n) is 9.65. The molecule has 0 aromatic heterocycles. The summed E-state index contributed by atoms with van der Waals surface area (Å²) in [6.45, 7) is 9.36. The Morgan fingerprint density at radius 1 is 0.679 bits per heavy atom. The summed E-state index contributed by atoms with van der Waals surface area (Å²) < 4.78 is 16.6. The van der Waals surface area contributed by atoms with E-state index in [2.05, 4.69) is 45.1 Å². The molecule has 0 aliphatic heterocycles. The molecule has 0 amide bonds. The van der Waals surface area contributed by atoms with Gasteiger partial charge in [-0.2, -0.15) is 0 Å². The maximum atomic E-state index is 13.0. The molecular weight excluding hydrogens is 666 g/mol. The molecule has 53 heavy (non-hydrogen) atoms. The summed E-state index contributed by atoms with van der Waals surface area (Å²) in [4.78, 5) is 40.0. The molecule has 0 spiro atoms. The maximum Gasteiger partial charge on any atom is 0.508 e. The minimum atomic E-state index is -1.02. The van der Waals surface area contributed by atoms with E-state index < -0.39 is 24.1 Å². The summed E-state index contributed by atoms with van der Waals surface area (Å²) in [6, 6.07) is 0. The molecule has 0 fully saturated rings. The number of rotatable bonds is 36. The zero-order chi connectivity index (χ0) is 39.4. The van der Waals surface area contributed by atoms with E-state index in [4.69, 9.17) is 14.2 Å². The number of carboxylic acids is 1. The van der Waals surface area contributed by atoms with Gasteiger partial charge in [-0.25, -0.2) is 9.59 Å². The summed E-state index contributed by atoms with van der Waals surface area (Å²) in [5.74, 6) is -2.54. The third-order valence-corrected chi connectivity index (χ3v) is 9.65. The van der Waals surface area contributed by atoms with E-state index in [0.29, 0.717) is 13.0 Å². The minimum absolute atomic E-state index is 0.111. The Morgan fingerprint density at radius 3 is 1.77 bits per heavy atom. The smallest absolute Gasteiger partial charge is 0.481 e. The largest absolute Gasteiger partial charge is 0.508 e. The zero-order valence-corrected chi connectivity index (χ0v) is 35.1. The van der Waals surface area contributed by atoms with Gasteiger partial charge in [-0.3, -0.25) is 4.79 Å². The molecule has 8 heteroatoms. The molecule has 0 saturated carbocycles. The second-order valence-electron chi connectivity index (χ2n) is 15.3. The van der Waals surface area contributed by atoms with Crippen LogP contribution < -0.4 is 0 Å². The van der Waals surface area contributed by atoms with Gasteiger partial charge in [-0.15, -0.1) is 0 Å². The number of esters is 1. The van der Waals surface area contributed by atoms with Crippen molar-refractivity contribution in [2.24, 2.45) is 11.8 Å². The van der Waals surface area contributed by atoms with Crippen LogP contribution in [0, 0.1) is 11.8 Å². The van der Waals surface area contributed by atoms with Crippen molar-refractivity contribution >= 4 is 18.1 Å². The first-order chi connectivity index (χ1) is 25.6. The number of likely N-dealkylation sites (N-methyl/N-ethyl adjacent to an activating group) is 1. The lowest BCUT2D eigenvalue weighted by Gasteiger charge is -2.26. The topological polar surface area (TPSA) is 102 Å². The fourth-order valence-electron chi connectivity index (χ4n) is 6.32. The number of unbranched alkanes of at least 4 members (excludes halogenated alkanes) is 15. The van der Waals surface area contributed by atoms with Crippen molar-refractivity contribution in [3.8, 4) is 0 Å². The minimum Gasteiger partial charge on any atom is -0.481 e. The van der Waals surface area contributed by atoms with Crippen LogP contribution in [0.3, 0.4) is 0 Å². The first-order valence-electron chi connectivity index (χ1n) is 21.5. The summed E-state index contributed by atoms with van der Waals surface area (Å²) in [7, 11) is 3.76. The van der Waals surface area contributed by atoms with Gasteiger partial charge in [0.2, 0.25) is 0 Å². The van der Waals surface area contributed by atoms with E-state index in [0.717, 1.165) is 69.8 Å². The van der Waals surface area contributed by atoms with Crippen molar-refractivity contribution in [2.75, 3.05) is 33.9 Å². The van der Waals surface area contributed by atoms with Gasteiger partial charge in [0.15, 0.2) is 0 Å². The number of carboxylic acid groups (broad SMARTS) is 1. The Hall–Kier alpha value is -2.61. The van der Waals surface area contributed by atoms with Crippen molar-refractivity contribution in [1.82, 2.24) is 4.90 Å². The van der Waals surface area contributed by atoms with Crippen LogP contribution in [0.2, 0.25) is 0 Å². The molecule has 0 aliphatic rings. The van der Waals surface area contributed by atoms with E-state index in [1.807, 2.05) is 25.9 Å². The molecule has 1 N–H and O–H groups in total. The van der Waals surface area contributed by atoms with E-state index in [-0.39, 0.29) is 31.5 Å². The van der Waals surface area contributed by atoms with E-state index in [1.165, 1.54) is 77.0 Å². The third kappa shape index (κ3) is 32.5. The van der Waals surface area contributed by atoms with Crippen molar-refractivity contribution < 1.29 is 33.7 Å². The number of hydrogen-bond acceptors (Lipinski definition) is 7. The zero-order valence-electron chi connectivity index (χ0n) is 35.1. The lowest BCUT2D eigenvalue weighted by Crippen LogP contribution is -2.35. The van der Waals surface area contributed by atoms with Crippen molar-refractivity contribution in [3.05, 3.63) is 36.0 Å². The normalized spacial score (nSPS) is 13.8. The predicted molar refractivity (Wildman–Crippen MR) is 220 cm³/mol. The van der Waals surface area contributed by atoms with Gasteiger partial charge in [0.25, 0.3) is 0 Å². The van der Waals surface area contributed by atoms with Crippen molar-refractivity contribution in [2.45, 2.75) is 188 Å². The highest BCUT2D eigenvalue weighted by atomic mass is 16.7. The second-order valence-corrected chi connectivity index (χ2v) is 15.3. The molecule has 3 atom stereocenters. The summed E-state index contributed by atoms with van der Waals surface area (Å²) in [6.07, 6.45) is 34.0. The van der Waals surface area contributed by atoms with Gasteiger partial charge in [0, 0.05) is 12.6 Å². The Balaban J connectivity index is 5.22. The van der Waals surface area contributed by atoms with E-state index in [1.54, 1.807) is 6.08 Å². The van der Waals surface area contributed by atoms with Crippen LogP contribution in [-0.2, 0) is 23.8 Å². The first kappa shape index (κ1) is 50.4. The van der Waals surface area contributed by atoms with Crippen LogP contribution in [0.5, 0.6) is 0 Å². The maximum absolute atomic E-state index is 13.0. The molecule has 0 rings (SSSR count). The number of allylic oxidation sites excluding steroid dienone is 5. The van der Waals surface area contributed by atoms with Gasteiger partial charge in [-0.05, 0) is 97.1 Å². The molecule has 0 saturated heterocycles. The summed E-state index contributed by atoms with van der Waals surface area (Å²) >= 11 is 0.